The van der Waals surface area contributed by atoms with Gasteiger partial charge in [0.1, 0.15) is 0 Å². The van der Waals surface area contributed by atoms with Gasteiger partial charge in [-0.2, -0.15) is 0 Å². The van der Waals surface area contributed by atoms with Crippen LogP contribution in [0.5, 0.6) is 0 Å². The molecule has 1 aromatic rings. The maximum Gasteiger partial charge on any atom is 0.328 e. The van der Waals surface area contributed by atoms with Crippen molar-refractivity contribution in [3.63, 3.8) is 0 Å². The van der Waals surface area contributed by atoms with Gasteiger partial charge in [0.15, 0.2) is 0 Å². The first-order valence-electron chi connectivity index (χ1n) is 5.27. The van der Waals surface area contributed by atoms with Crippen LogP contribution < -0.4 is 15.8 Å². The fourth-order valence-corrected chi connectivity index (χ4v) is 2.38. The third-order valence-corrected chi connectivity index (χ3v) is 4.09. The van der Waals surface area contributed by atoms with Crippen LogP contribution in [-0.4, -0.2) is 20.5 Å². The Morgan fingerprint density at radius 2 is 2.06 bits per heavy atom. The summed E-state index contributed by atoms with van der Waals surface area (Å²) < 4.78 is 25.6. The van der Waals surface area contributed by atoms with E-state index in [9.17, 15) is 13.2 Å². The first-order chi connectivity index (χ1) is 8.38. The Morgan fingerprint density at radius 3 is 2.61 bits per heavy atom. The Balaban J connectivity index is 2.13. The molecule has 0 spiro atoms. The van der Waals surface area contributed by atoms with Crippen molar-refractivity contribution in [2.24, 2.45) is 0 Å². The number of carbonyl (C=O) groups excluding carboxylic acids is 1. The number of carbonyl (C=O) groups is 1. The van der Waals surface area contributed by atoms with E-state index >= 15 is 0 Å². The SMILES string of the molecule is Nc1cc(S(=O)(=O)NC(=O)NC2CC2)ccc1Cl. The van der Waals surface area contributed by atoms with Crippen LogP contribution in [0.4, 0.5) is 10.5 Å². The van der Waals surface area contributed by atoms with Crippen molar-refractivity contribution in [1.82, 2.24) is 10.0 Å². The van der Waals surface area contributed by atoms with Gasteiger partial charge in [0.05, 0.1) is 15.6 Å². The second-order valence-corrected chi connectivity index (χ2v) is 6.13. The van der Waals surface area contributed by atoms with Gasteiger partial charge in [-0.3, -0.25) is 0 Å². The number of amides is 2. The summed E-state index contributed by atoms with van der Waals surface area (Å²) in [7, 11) is -3.92. The van der Waals surface area contributed by atoms with E-state index < -0.39 is 16.1 Å². The lowest BCUT2D eigenvalue weighted by atomic mass is 10.3. The molecule has 98 valence electrons. The van der Waals surface area contributed by atoms with E-state index in [0.717, 1.165) is 12.8 Å². The molecule has 1 aromatic carbocycles. The molecule has 0 heterocycles. The summed E-state index contributed by atoms with van der Waals surface area (Å²) in [5.41, 5.74) is 5.66. The third kappa shape index (κ3) is 3.05. The lowest BCUT2D eigenvalue weighted by Gasteiger charge is -2.08. The molecule has 0 saturated heterocycles. The molecule has 0 radical (unpaired) electrons. The topological polar surface area (TPSA) is 101 Å². The molecule has 1 aliphatic carbocycles. The molecule has 2 amide bonds. The molecule has 2 rings (SSSR count). The van der Waals surface area contributed by atoms with Gasteiger partial charge in [-0.25, -0.2) is 17.9 Å². The molecule has 0 unspecified atom stereocenters. The van der Waals surface area contributed by atoms with E-state index in [4.69, 9.17) is 17.3 Å². The number of halogens is 1. The maximum atomic E-state index is 11.8. The number of nitrogens with one attached hydrogen (secondary N) is 2. The number of hydrogen-bond acceptors (Lipinski definition) is 4. The van der Waals surface area contributed by atoms with Crippen molar-refractivity contribution in [2.75, 3.05) is 5.73 Å². The molecular formula is C10H12ClN3O3S. The van der Waals surface area contributed by atoms with Gasteiger partial charge in [0, 0.05) is 6.04 Å². The lowest BCUT2D eigenvalue weighted by molar-refractivity contribution is 0.245. The van der Waals surface area contributed by atoms with Gasteiger partial charge in [-0.1, -0.05) is 11.6 Å². The van der Waals surface area contributed by atoms with Crippen LogP contribution >= 0.6 is 11.6 Å². The zero-order valence-corrected chi connectivity index (χ0v) is 10.9. The normalized spacial score (nSPS) is 15.2. The molecule has 1 fully saturated rings. The van der Waals surface area contributed by atoms with E-state index in [1.807, 2.05) is 4.72 Å². The lowest BCUT2D eigenvalue weighted by Crippen LogP contribution is -2.40. The van der Waals surface area contributed by atoms with E-state index in [-0.39, 0.29) is 21.6 Å². The number of rotatable bonds is 3. The maximum absolute atomic E-state index is 11.8. The van der Waals surface area contributed by atoms with Gasteiger partial charge in [0.2, 0.25) is 0 Å². The molecule has 1 aliphatic rings. The summed E-state index contributed by atoms with van der Waals surface area (Å²) in [5, 5.41) is 2.78. The minimum absolute atomic E-state index is 0.0792. The smallest absolute Gasteiger partial charge is 0.328 e. The minimum atomic E-state index is -3.92. The summed E-state index contributed by atoms with van der Waals surface area (Å²) in [4.78, 5) is 11.3. The minimum Gasteiger partial charge on any atom is -0.397 e. The molecule has 0 aliphatic heterocycles. The van der Waals surface area contributed by atoms with Gasteiger partial charge in [0.25, 0.3) is 10.0 Å². The highest BCUT2D eigenvalue weighted by Crippen LogP contribution is 2.22. The van der Waals surface area contributed by atoms with E-state index in [1.165, 1.54) is 18.2 Å². The Bertz CT molecular complexity index is 584. The molecule has 6 nitrogen and oxygen atoms in total. The highest BCUT2D eigenvalue weighted by molar-refractivity contribution is 7.90. The van der Waals surface area contributed by atoms with Crippen LogP contribution in [0.3, 0.4) is 0 Å². The summed E-state index contributed by atoms with van der Waals surface area (Å²) in [6.45, 7) is 0. The zero-order valence-electron chi connectivity index (χ0n) is 9.31. The van der Waals surface area contributed by atoms with Crippen LogP contribution in [0.2, 0.25) is 5.02 Å². The fourth-order valence-electron chi connectivity index (χ4n) is 1.31. The molecule has 0 aromatic heterocycles. The first kappa shape index (κ1) is 13.0. The largest absolute Gasteiger partial charge is 0.397 e. The Morgan fingerprint density at radius 1 is 1.39 bits per heavy atom. The highest BCUT2D eigenvalue weighted by atomic mass is 35.5. The van der Waals surface area contributed by atoms with Crippen LogP contribution in [-0.2, 0) is 10.0 Å². The van der Waals surface area contributed by atoms with Crippen molar-refractivity contribution in [2.45, 2.75) is 23.8 Å². The van der Waals surface area contributed by atoms with Crippen LogP contribution in [0.1, 0.15) is 12.8 Å². The van der Waals surface area contributed by atoms with Gasteiger partial charge in [-0.05, 0) is 31.0 Å². The monoisotopic (exact) mass is 289 g/mol. The van der Waals surface area contributed by atoms with Crippen LogP contribution in [0, 0.1) is 0 Å². The number of hydrogen-bond donors (Lipinski definition) is 3. The average Bonchev–Trinajstić information content (AvgIpc) is 3.04. The summed E-state index contributed by atoms with van der Waals surface area (Å²) >= 11 is 5.69. The van der Waals surface area contributed by atoms with Gasteiger partial charge in [-0.15, -0.1) is 0 Å². The average molecular weight is 290 g/mol. The number of benzene rings is 1. The second kappa shape index (κ2) is 4.66. The Kier molecular flexibility index (Phi) is 3.36. The number of nitrogens with two attached hydrogens (primary N) is 1. The summed E-state index contributed by atoms with van der Waals surface area (Å²) in [6, 6.07) is 3.20. The number of urea groups is 1. The highest BCUT2D eigenvalue weighted by Gasteiger charge is 2.26. The number of sulfonamides is 1. The van der Waals surface area contributed by atoms with Gasteiger partial charge < -0.3 is 11.1 Å². The van der Waals surface area contributed by atoms with Crippen LogP contribution in [0.25, 0.3) is 0 Å². The van der Waals surface area contributed by atoms with Crippen molar-refractivity contribution < 1.29 is 13.2 Å². The predicted molar refractivity (Wildman–Crippen MR) is 67.7 cm³/mol. The predicted octanol–water partition coefficient (Wildman–Crippen LogP) is 1.07. The standard InChI is InChI=1S/C10H12ClN3O3S/c11-8-4-3-7(5-9(8)12)18(16,17)14-10(15)13-6-1-2-6/h3-6H,1-2,12H2,(H2,13,14,15). The molecule has 8 heteroatoms. The summed E-state index contributed by atoms with van der Waals surface area (Å²) in [5.74, 6) is 0. The van der Waals surface area contributed by atoms with Gasteiger partial charge >= 0.3 is 6.03 Å². The van der Waals surface area contributed by atoms with Crippen molar-refractivity contribution in [3.05, 3.63) is 23.2 Å². The van der Waals surface area contributed by atoms with Crippen LogP contribution in [0.15, 0.2) is 23.1 Å². The van der Waals surface area contributed by atoms with Crippen molar-refractivity contribution in [1.29, 1.82) is 0 Å². The molecule has 4 N–H and O–H groups in total. The molecule has 18 heavy (non-hydrogen) atoms. The fraction of sp³-hybridized carbons (Fsp3) is 0.300. The van der Waals surface area contributed by atoms with Crippen molar-refractivity contribution in [3.8, 4) is 0 Å². The Hall–Kier alpha value is -1.47. The van der Waals surface area contributed by atoms with E-state index in [0.29, 0.717) is 0 Å². The zero-order chi connectivity index (χ0) is 13.3. The first-order valence-corrected chi connectivity index (χ1v) is 7.13. The number of anilines is 1. The molecular weight excluding hydrogens is 278 g/mol. The van der Waals surface area contributed by atoms with Crippen molar-refractivity contribution >= 4 is 33.3 Å². The molecule has 0 bridgehead atoms. The molecule has 1 saturated carbocycles. The Labute approximate surface area is 110 Å². The molecule has 0 atom stereocenters. The summed E-state index contributed by atoms with van der Waals surface area (Å²) in [6.07, 6.45) is 1.75. The quantitative estimate of drug-likeness (QED) is 0.725. The third-order valence-electron chi connectivity index (χ3n) is 2.42. The van der Waals surface area contributed by atoms with E-state index in [1.54, 1.807) is 0 Å². The van der Waals surface area contributed by atoms with E-state index in [2.05, 4.69) is 5.32 Å². The second-order valence-electron chi connectivity index (χ2n) is 4.04. The number of nitrogen functional groups attached to an aromatic ring is 1.